The first-order chi connectivity index (χ1) is 16.3. The third-order valence-electron chi connectivity index (χ3n) is 7.74. The van der Waals surface area contributed by atoms with Gasteiger partial charge in [0.1, 0.15) is 5.75 Å². The molecule has 0 bridgehead atoms. The van der Waals surface area contributed by atoms with E-state index >= 15 is 0 Å². The lowest BCUT2D eigenvalue weighted by Crippen LogP contribution is -2.37. The molecule has 2 saturated heterocycles. The quantitative estimate of drug-likeness (QED) is 0.489. The van der Waals surface area contributed by atoms with Crippen LogP contribution in [-0.2, 0) is 4.74 Å². The fraction of sp³-hybridized carbons (Fsp3) is 0.448. The van der Waals surface area contributed by atoms with Crippen molar-refractivity contribution in [2.24, 2.45) is 0 Å². The van der Waals surface area contributed by atoms with Crippen LogP contribution in [0.2, 0.25) is 0 Å². The van der Waals surface area contributed by atoms with Gasteiger partial charge in [0.15, 0.2) is 0 Å². The van der Waals surface area contributed by atoms with E-state index in [0.29, 0.717) is 12.0 Å². The number of benzene rings is 3. The second kappa shape index (κ2) is 9.46. The van der Waals surface area contributed by atoms with E-state index in [2.05, 4.69) is 70.5 Å². The summed E-state index contributed by atoms with van der Waals surface area (Å²) < 4.78 is 11.7. The minimum absolute atomic E-state index is 0.425. The molecule has 0 N–H and O–H groups in total. The number of hydrogen-bond acceptors (Lipinski definition) is 4. The topological polar surface area (TPSA) is 24.9 Å². The molecule has 3 aromatic rings. The van der Waals surface area contributed by atoms with Crippen LogP contribution in [0.4, 0.5) is 0 Å². The van der Waals surface area contributed by atoms with Crippen molar-refractivity contribution < 1.29 is 9.47 Å². The van der Waals surface area contributed by atoms with Gasteiger partial charge in [-0.3, -0.25) is 9.80 Å². The molecule has 3 aromatic carbocycles. The average molecular weight is 443 g/mol. The van der Waals surface area contributed by atoms with Gasteiger partial charge in [-0.15, -0.1) is 0 Å². The molecule has 0 aliphatic carbocycles. The molecular weight excluding hydrogens is 408 g/mol. The summed E-state index contributed by atoms with van der Waals surface area (Å²) in [5.41, 5.74) is 4.41. The van der Waals surface area contributed by atoms with E-state index in [1.165, 1.54) is 46.8 Å². The molecule has 0 spiro atoms. The zero-order chi connectivity index (χ0) is 22.0. The van der Waals surface area contributed by atoms with Gasteiger partial charge in [0.25, 0.3) is 0 Å². The Morgan fingerprint density at radius 3 is 2.67 bits per heavy atom. The van der Waals surface area contributed by atoms with E-state index in [4.69, 9.17) is 9.47 Å². The van der Waals surface area contributed by atoms with Crippen LogP contribution in [0.1, 0.15) is 47.9 Å². The lowest BCUT2D eigenvalue weighted by atomic mass is 9.81. The first kappa shape index (κ1) is 21.2. The molecule has 6 rings (SSSR count). The maximum absolute atomic E-state index is 6.23. The molecule has 2 atom stereocenters. The maximum atomic E-state index is 6.23. The number of fused-ring (bicyclic) bond motifs is 4. The molecule has 2 fully saturated rings. The number of morpholine rings is 1. The number of hydrogen-bond donors (Lipinski definition) is 0. The van der Waals surface area contributed by atoms with Crippen LogP contribution < -0.4 is 4.74 Å². The van der Waals surface area contributed by atoms with Crippen LogP contribution >= 0.6 is 0 Å². The Kier molecular flexibility index (Phi) is 6.06. The molecule has 33 heavy (non-hydrogen) atoms. The molecule has 172 valence electrons. The van der Waals surface area contributed by atoms with Crippen molar-refractivity contribution in [3.8, 4) is 5.75 Å². The van der Waals surface area contributed by atoms with Crippen molar-refractivity contribution in [3.05, 3.63) is 77.4 Å². The van der Waals surface area contributed by atoms with Crippen molar-refractivity contribution in [3.63, 3.8) is 0 Å². The van der Waals surface area contributed by atoms with E-state index in [9.17, 15) is 0 Å². The highest BCUT2D eigenvalue weighted by Crippen LogP contribution is 2.45. The summed E-state index contributed by atoms with van der Waals surface area (Å²) >= 11 is 0. The van der Waals surface area contributed by atoms with Gasteiger partial charge in [-0.25, -0.2) is 0 Å². The first-order valence-electron chi connectivity index (χ1n) is 12.6. The molecule has 0 amide bonds. The number of ether oxygens (including phenoxy) is 2. The van der Waals surface area contributed by atoms with Crippen LogP contribution in [0.15, 0.2) is 60.7 Å². The molecular formula is C29H34N2O2. The summed E-state index contributed by atoms with van der Waals surface area (Å²) in [7, 11) is 0. The smallest absolute Gasteiger partial charge is 0.119 e. The number of nitrogens with zero attached hydrogens (tertiary/aromatic N) is 2. The molecule has 0 radical (unpaired) electrons. The Balaban J connectivity index is 1.21. The Morgan fingerprint density at radius 1 is 0.879 bits per heavy atom. The van der Waals surface area contributed by atoms with Gasteiger partial charge in [0, 0.05) is 38.1 Å². The summed E-state index contributed by atoms with van der Waals surface area (Å²) in [5, 5.41) is 2.65. The maximum Gasteiger partial charge on any atom is 0.119 e. The van der Waals surface area contributed by atoms with E-state index < -0.39 is 0 Å². The van der Waals surface area contributed by atoms with Crippen LogP contribution in [0, 0.1) is 0 Å². The Bertz CT molecular complexity index is 1110. The third-order valence-corrected chi connectivity index (χ3v) is 7.74. The number of rotatable bonds is 6. The van der Waals surface area contributed by atoms with Gasteiger partial charge in [-0.05, 0) is 65.4 Å². The summed E-state index contributed by atoms with van der Waals surface area (Å²) in [6.45, 7) is 8.02. The fourth-order valence-corrected chi connectivity index (χ4v) is 5.99. The van der Waals surface area contributed by atoms with Gasteiger partial charge in [0.05, 0.1) is 19.8 Å². The van der Waals surface area contributed by atoms with E-state index in [1.807, 2.05) is 0 Å². The molecule has 0 unspecified atom stereocenters. The second-order valence-corrected chi connectivity index (χ2v) is 9.76. The van der Waals surface area contributed by atoms with Crippen LogP contribution in [0.25, 0.3) is 10.8 Å². The zero-order valence-electron chi connectivity index (χ0n) is 19.4. The van der Waals surface area contributed by atoms with Crippen molar-refractivity contribution in [1.82, 2.24) is 9.80 Å². The highest BCUT2D eigenvalue weighted by atomic mass is 16.5. The minimum Gasteiger partial charge on any atom is -0.494 e. The standard InChI is InChI=1S/C29H34N2O2/c1-2-6-23-19-24(9-8-22(23)5-1)28-21-31-13-3-7-29(31)27-20-25(10-11-26(27)28)33-16-4-12-30-14-17-32-18-15-30/h1-2,5-6,8-11,19-20,28-29H,3-4,7,12-18,21H2/t28-,29+/m1/s1. The molecule has 3 heterocycles. The summed E-state index contributed by atoms with van der Waals surface area (Å²) in [5.74, 6) is 1.45. The SMILES string of the molecule is c1ccc2cc([C@H]3CN4CCC[C@H]4c4cc(OCCCN5CCOCC5)ccc43)ccc2c1. The Hall–Kier alpha value is -2.40. The molecule has 0 aromatic heterocycles. The van der Waals surface area contributed by atoms with Gasteiger partial charge in [0.2, 0.25) is 0 Å². The van der Waals surface area contributed by atoms with Crippen molar-refractivity contribution in [1.29, 1.82) is 0 Å². The van der Waals surface area contributed by atoms with Crippen LogP contribution in [0.3, 0.4) is 0 Å². The first-order valence-corrected chi connectivity index (χ1v) is 12.6. The predicted molar refractivity (Wildman–Crippen MR) is 133 cm³/mol. The summed E-state index contributed by atoms with van der Waals surface area (Å²) in [4.78, 5) is 5.18. The van der Waals surface area contributed by atoms with Crippen LogP contribution in [0.5, 0.6) is 5.75 Å². The van der Waals surface area contributed by atoms with Gasteiger partial charge < -0.3 is 9.47 Å². The Labute approximate surface area is 197 Å². The Morgan fingerprint density at radius 2 is 1.76 bits per heavy atom. The lowest BCUT2D eigenvalue weighted by molar-refractivity contribution is 0.0358. The van der Waals surface area contributed by atoms with Crippen molar-refractivity contribution in [2.45, 2.75) is 31.2 Å². The predicted octanol–water partition coefficient (Wildman–Crippen LogP) is 5.22. The average Bonchev–Trinajstić information content (AvgIpc) is 3.35. The summed E-state index contributed by atoms with van der Waals surface area (Å²) in [6.07, 6.45) is 3.61. The van der Waals surface area contributed by atoms with E-state index in [1.54, 1.807) is 0 Å². The molecule has 4 nitrogen and oxygen atoms in total. The van der Waals surface area contributed by atoms with Gasteiger partial charge in [-0.1, -0.05) is 48.5 Å². The van der Waals surface area contributed by atoms with Gasteiger partial charge >= 0.3 is 0 Å². The largest absolute Gasteiger partial charge is 0.494 e. The second-order valence-electron chi connectivity index (χ2n) is 9.76. The molecule has 0 saturated carbocycles. The minimum atomic E-state index is 0.425. The third kappa shape index (κ3) is 4.40. The monoisotopic (exact) mass is 442 g/mol. The molecule has 3 aliphatic rings. The lowest BCUT2D eigenvalue weighted by Gasteiger charge is -2.38. The normalized spacial score (nSPS) is 23.4. The zero-order valence-corrected chi connectivity index (χ0v) is 19.4. The molecule has 3 aliphatic heterocycles. The van der Waals surface area contributed by atoms with Crippen LogP contribution in [-0.4, -0.2) is 62.3 Å². The highest BCUT2D eigenvalue weighted by Gasteiger charge is 2.36. The molecule has 4 heteroatoms. The van der Waals surface area contributed by atoms with Crippen molar-refractivity contribution >= 4 is 10.8 Å². The van der Waals surface area contributed by atoms with E-state index in [0.717, 1.165) is 58.2 Å². The van der Waals surface area contributed by atoms with E-state index in [-0.39, 0.29) is 0 Å². The summed E-state index contributed by atoms with van der Waals surface area (Å²) in [6, 6.07) is 23.2. The van der Waals surface area contributed by atoms with Gasteiger partial charge in [-0.2, -0.15) is 0 Å². The fourth-order valence-electron chi connectivity index (χ4n) is 5.99. The highest BCUT2D eigenvalue weighted by molar-refractivity contribution is 5.83. The van der Waals surface area contributed by atoms with Crippen molar-refractivity contribution in [2.75, 3.05) is 52.5 Å².